The summed E-state index contributed by atoms with van der Waals surface area (Å²) in [5.74, 6) is 0.728. The lowest BCUT2D eigenvalue weighted by Gasteiger charge is -2.33. The van der Waals surface area contributed by atoms with Crippen LogP contribution in [0.15, 0.2) is 82.2 Å². The van der Waals surface area contributed by atoms with Crippen LogP contribution < -0.4 is 14.9 Å². The van der Waals surface area contributed by atoms with Crippen molar-refractivity contribution >= 4 is 16.9 Å². The molecule has 172 valence electrons. The number of benzene rings is 3. The molecule has 1 aliphatic rings. The smallest absolute Gasteiger partial charge is 0.337 e. The Labute approximate surface area is 196 Å². The minimum Gasteiger partial charge on any atom is -0.478 e. The third kappa shape index (κ3) is 4.02. The monoisotopic (exact) mass is 457 g/mol. The molecule has 7 nitrogen and oxygen atoms in total. The lowest BCUT2D eigenvalue weighted by atomic mass is 10.0. The Balaban J connectivity index is 1.43. The summed E-state index contributed by atoms with van der Waals surface area (Å²) in [5.41, 5.74) is 2.61. The molecule has 7 heteroatoms. The van der Waals surface area contributed by atoms with E-state index < -0.39 is 5.97 Å². The predicted octanol–water partition coefficient (Wildman–Crippen LogP) is 5.29. The van der Waals surface area contributed by atoms with Crippen molar-refractivity contribution in [2.45, 2.75) is 19.5 Å². The highest BCUT2D eigenvalue weighted by atomic mass is 16.5. The fraction of sp³-hybridized carbons (Fsp3) is 0.185. The molecule has 0 saturated heterocycles. The topological polar surface area (TPSA) is 78.2 Å². The van der Waals surface area contributed by atoms with E-state index in [-0.39, 0.29) is 17.2 Å². The van der Waals surface area contributed by atoms with Gasteiger partial charge in [-0.25, -0.2) is 4.79 Å². The molecule has 1 aliphatic heterocycles. The van der Waals surface area contributed by atoms with Crippen LogP contribution >= 0.6 is 0 Å². The van der Waals surface area contributed by atoms with E-state index in [1.54, 1.807) is 36.4 Å². The number of methoxy groups -OCH3 is 1. The molecule has 4 aromatic rings. The third-order valence-electron chi connectivity index (χ3n) is 6.05. The normalized spacial score (nSPS) is 14.2. The summed E-state index contributed by atoms with van der Waals surface area (Å²) in [6.07, 6.45) is 1.32. The number of rotatable bonds is 5. The molecule has 0 saturated carbocycles. The molecule has 1 aromatic heterocycles. The van der Waals surface area contributed by atoms with Gasteiger partial charge in [-0.2, -0.15) is 0 Å². The first kappa shape index (κ1) is 21.7. The molecule has 34 heavy (non-hydrogen) atoms. The zero-order valence-corrected chi connectivity index (χ0v) is 18.8. The summed E-state index contributed by atoms with van der Waals surface area (Å²) in [6, 6.07) is 20.2. The van der Waals surface area contributed by atoms with E-state index in [1.807, 2.05) is 18.2 Å². The second-order valence-electron chi connectivity index (χ2n) is 8.07. The Kier molecular flexibility index (Phi) is 5.77. The lowest BCUT2D eigenvalue weighted by Crippen LogP contribution is -2.34. The van der Waals surface area contributed by atoms with Crippen molar-refractivity contribution in [3.05, 3.63) is 99.9 Å². The largest absolute Gasteiger partial charge is 0.478 e. The highest BCUT2D eigenvalue weighted by molar-refractivity contribution is 5.89. The summed E-state index contributed by atoms with van der Waals surface area (Å²) in [7, 11) is 1.32. The molecule has 0 radical (unpaired) electrons. The molecular weight excluding hydrogens is 434 g/mol. The maximum atomic E-state index is 13.2. The van der Waals surface area contributed by atoms with Gasteiger partial charge in [-0.1, -0.05) is 30.3 Å². The van der Waals surface area contributed by atoms with E-state index in [9.17, 15) is 9.59 Å². The van der Waals surface area contributed by atoms with E-state index in [1.165, 1.54) is 18.9 Å². The first-order chi connectivity index (χ1) is 16.5. The Hall–Kier alpha value is -4.10. The first-order valence-corrected chi connectivity index (χ1v) is 10.9. The number of carbonyl (C=O) groups excluding carboxylic acids is 1. The predicted molar refractivity (Wildman–Crippen MR) is 126 cm³/mol. The molecule has 3 aromatic carbocycles. The van der Waals surface area contributed by atoms with Crippen molar-refractivity contribution < 1.29 is 23.4 Å². The molecule has 1 atom stereocenters. The second-order valence-corrected chi connectivity index (χ2v) is 8.07. The van der Waals surface area contributed by atoms with Gasteiger partial charge < -0.3 is 18.6 Å². The Bertz CT molecular complexity index is 1390. The average Bonchev–Trinajstić information content (AvgIpc) is 2.89. The molecular formula is C27H23NO6. The van der Waals surface area contributed by atoms with Gasteiger partial charge in [0.05, 0.1) is 23.6 Å². The third-order valence-corrected chi connectivity index (χ3v) is 6.05. The molecule has 0 aliphatic carbocycles. The van der Waals surface area contributed by atoms with Crippen molar-refractivity contribution in [1.29, 1.82) is 0 Å². The summed E-state index contributed by atoms with van der Waals surface area (Å²) >= 11 is 0. The van der Waals surface area contributed by atoms with Crippen LogP contribution in [0.4, 0.5) is 0 Å². The van der Waals surface area contributed by atoms with Crippen LogP contribution in [-0.4, -0.2) is 24.7 Å². The van der Waals surface area contributed by atoms with Crippen LogP contribution in [0.1, 0.15) is 34.5 Å². The number of hydrogen-bond donors (Lipinski definition) is 0. The van der Waals surface area contributed by atoms with Gasteiger partial charge in [-0.15, -0.1) is 0 Å². The van der Waals surface area contributed by atoms with Gasteiger partial charge in [0.2, 0.25) is 11.2 Å². The van der Waals surface area contributed by atoms with Crippen molar-refractivity contribution in [2.75, 3.05) is 13.8 Å². The summed E-state index contributed by atoms with van der Waals surface area (Å²) < 4.78 is 22.3. The molecule has 0 fully saturated rings. The van der Waals surface area contributed by atoms with E-state index >= 15 is 0 Å². The van der Waals surface area contributed by atoms with E-state index in [4.69, 9.17) is 18.6 Å². The molecule has 0 N–H and O–H groups in total. The SMILES string of the molecule is COC(=O)c1ccc(Oc2coc3c4c(ccc3c2=O)OCN(C(C)c2ccccc2)C4)cc1. The van der Waals surface area contributed by atoms with E-state index in [0.29, 0.717) is 41.3 Å². The number of nitrogens with zero attached hydrogens (tertiary/aromatic N) is 1. The van der Waals surface area contributed by atoms with Crippen molar-refractivity contribution in [3.8, 4) is 17.2 Å². The zero-order chi connectivity index (χ0) is 23.7. The standard InChI is InChI=1S/C27H23NO6/c1-17(18-6-4-3-5-7-18)28-14-22-23(33-16-28)13-12-21-25(29)24(15-32-26(21)22)34-20-10-8-19(9-11-20)27(30)31-2/h3-13,15,17H,14,16H2,1-2H3. The molecule has 0 spiro atoms. The average molecular weight is 457 g/mol. The number of hydrogen-bond acceptors (Lipinski definition) is 7. The highest BCUT2D eigenvalue weighted by Gasteiger charge is 2.26. The number of fused-ring (bicyclic) bond motifs is 3. The van der Waals surface area contributed by atoms with Crippen LogP contribution in [0, 0.1) is 0 Å². The fourth-order valence-electron chi connectivity index (χ4n) is 4.07. The Morgan fingerprint density at radius 3 is 2.53 bits per heavy atom. The van der Waals surface area contributed by atoms with Gasteiger partial charge in [0.15, 0.2) is 0 Å². The van der Waals surface area contributed by atoms with Gasteiger partial charge >= 0.3 is 5.97 Å². The maximum Gasteiger partial charge on any atom is 0.337 e. The van der Waals surface area contributed by atoms with Crippen LogP contribution in [-0.2, 0) is 11.3 Å². The Morgan fingerprint density at radius 1 is 1.03 bits per heavy atom. The summed E-state index contributed by atoms with van der Waals surface area (Å²) in [4.78, 5) is 27.0. The van der Waals surface area contributed by atoms with Crippen LogP contribution in [0.2, 0.25) is 0 Å². The number of ether oxygens (including phenoxy) is 3. The van der Waals surface area contributed by atoms with Crippen LogP contribution in [0.3, 0.4) is 0 Å². The quantitative estimate of drug-likeness (QED) is 0.377. The summed E-state index contributed by atoms with van der Waals surface area (Å²) in [5, 5.41) is 0.417. The van der Waals surface area contributed by atoms with Gasteiger partial charge in [-0.05, 0) is 48.9 Å². The van der Waals surface area contributed by atoms with Gasteiger partial charge in [0.1, 0.15) is 30.1 Å². The first-order valence-electron chi connectivity index (χ1n) is 10.9. The van der Waals surface area contributed by atoms with E-state index in [0.717, 1.165) is 5.56 Å². The van der Waals surface area contributed by atoms with Gasteiger partial charge in [0, 0.05) is 12.6 Å². The lowest BCUT2D eigenvalue weighted by molar-refractivity contribution is 0.0600. The highest BCUT2D eigenvalue weighted by Crippen LogP contribution is 2.35. The Morgan fingerprint density at radius 2 is 1.79 bits per heavy atom. The molecule has 0 amide bonds. The number of carbonyl (C=O) groups is 1. The second kappa shape index (κ2) is 9.03. The van der Waals surface area contributed by atoms with Crippen LogP contribution in [0.5, 0.6) is 17.2 Å². The maximum absolute atomic E-state index is 13.2. The van der Waals surface area contributed by atoms with Crippen molar-refractivity contribution in [1.82, 2.24) is 4.90 Å². The molecule has 0 bridgehead atoms. The van der Waals surface area contributed by atoms with E-state index in [2.05, 4.69) is 24.0 Å². The molecule has 2 heterocycles. The fourth-order valence-corrected chi connectivity index (χ4v) is 4.07. The van der Waals surface area contributed by atoms with Crippen LogP contribution in [0.25, 0.3) is 11.0 Å². The van der Waals surface area contributed by atoms with Crippen molar-refractivity contribution in [3.63, 3.8) is 0 Å². The zero-order valence-electron chi connectivity index (χ0n) is 18.8. The minimum absolute atomic E-state index is 0.0597. The van der Waals surface area contributed by atoms with Crippen molar-refractivity contribution in [2.24, 2.45) is 0 Å². The molecule has 1 unspecified atom stereocenters. The minimum atomic E-state index is -0.445. The van der Waals surface area contributed by atoms with Gasteiger partial charge in [0.25, 0.3) is 0 Å². The molecule has 5 rings (SSSR count). The van der Waals surface area contributed by atoms with Gasteiger partial charge in [-0.3, -0.25) is 9.69 Å². The number of esters is 1. The summed E-state index contributed by atoms with van der Waals surface area (Å²) in [6.45, 7) is 3.16.